The Balaban J connectivity index is 2.36. The standard InChI is InChI=1S/C14H21N3O3/c1-9-4-6-12(7-5-9)20-8-10(2)16-13(18)11(3)17-14(15)19/h4-7,10-11H,8H2,1-3H3,(H,16,18)(H3,15,17,19)/t10-,11-/m1/s1. The third-order valence-electron chi connectivity index (χ3n) is 2.66. The van der Waals surface area contributed by atoms with Crippen LogP contribution in [0.25, 0.3) is 0 Å². The molecule has 0 saturated carbocycles. The van der Waals surface area contributed by atoms with Gasteiger partial charge in [-0.05, 0) is 32.9 Å². The first kappa shape index (κ1) is 15.8. The molecule has 4 N–H and O–H groups in total. The molecule has 110 valence electrons. The molecule has 0 aliphatic heterocycles. The van der Waals surface area contributed by atoms with Crippen LogP contribution in [-0.4, -0.2) is 30.6 Å². The summed E-state index contributed by atoms with van der Waals surface area (Å²) < 4.78 is 5.56. The largest absolute Gasteiger partial charge is 0.491 e. The highest BCUT2D eigenvalue weighted by Crippen LogP contribution is 2.11. The summed E-state index contributed by atoms with van der Waals surface area (Å²) in [5.74, 6) is 0.448. The Morgan fingerprint density at radius 1 is 1.20 bits per heavy atom. The number of nitrogens with two attached hydrogens (primary N) is 1. The lowest BCUT2D eigenvalue weighted by atomic mass is 10.2. The molecule has 0 radical (unpaired) electrons. The Bertz CT molecular complexity index is 459. The number of aryl methyl sites for hydroxylation is 1. The van der Waals surface area contributed by atoms with Gasteiger partial charge in [0.05, 0.1) is 6.04 Å². The van der Waals surface area contributed by atoms with E-state index in [1.165, 1.54) is 0 Å². The molecule has 0 unspecified atom stereocenters. The van der Waals surface area contributed by atoms with Crippen molar-refractivity contribution in [3.63, 3.8) is 0 Å². The highest BCUT2D eigenvalue weighted by atomic mass is 16.5. The summed E-state index contributed by atoms with van der Waals surface area (Å²) >= 11 is 0. The van der Waals surface area contributed by atoms with Gasteiger partial charge >= 0.3 is 6.03 Å². The van der Waals surface area contributed by atoms with E-state index in [9.17, 15) is 9.59 Å². The Kier molecular flexibility index (Phi) is 5.83. The van der Waals surface area contributed by atoms with Crippen LogP contribution in [0, 0.1) is 6.92 Å². The van der Waals surface area contributed by atoms with Crippen LogP contribution < -0.4 is 21.1 Å². The molecule has 6 heteroatoms. The van der Waals surface area contributed by atoms with E-state index in [1.54, 1.807) is 6.92 Å². The van der Waals surface area contributed by atoms with Crippen LogP contribution in [0.5, 0.6) is 5.75 Å². The number of primary amides is 1. The van der Waals surface area contributed by atoms with E-state index in [0.717, 1.165) is 11.3 Å². The lowest BCUT2D eigenvalue weighted by molar-refractivity contribution is -0.123. The van der Waals surface area contributed by atoms with E-state index in [1.807, 2.05) is 38.1 Å². The summed E-state index contributed by atoms with van der Waals surface area (Å²) in [4.78, 5) is 22.4. The molecule has 0 heterocycles. The number of urea groups is 1. The number of nitrogens with one attached hydrogen (secondary N) is 2. The van der Waals surface area contributed by atoms with Crippen LogP contribution in [0.15, 0.2) is 24.3 Å². The second-order valence-corrected chi connectivity index (χ2v) is 4.76. The molecule has 0 bridgehead atoms. The minimum atomic E-state index is -0.726. The molecular weight excluding hydrogens is 258 g/mol. The van der Waals surface area contributed by atoms with Crippen LogP contribution in [0.2, 0.25) is 0 Å². The maximum atomic E-state index is 11.7. The molecule has 6 nitrogen and oxygen atoms in total. The SMILES string of the molecule is Cc1ccc(OC[C@@H](C)NC(=O)[C@@H](C)NC(N)=O)cc1. The fourth-order valence-electron chi connectivity index (χ4n) is 1.54. The van der Waals surface area contributed by atoms with Gasteiger partial charge in [-0.1, -0.05) is 17.7 Å². The zero-order valence-corrected chi connectivity index (χ0v) is 12.0. The average molecular weight is 279 g/mol. The number of hydrogen-bond donors (Lipinski definition) is 3. The van der Waals surface area contributed by atoms with Crippen molar-refractivity contribution in [2.24, 2.45) is 5.73 Å². The highest BCUT2D eigenvalue weighted by Gasteiger charge is 2.16. The Labute approximate surface area is 118 Å². The lowest BCUT2D eigenvalue weighted by Gasteiger charge is -2.18. The van der Waals surface area contributed by atoms with Crippen LogP contribution >= 0.6 is 0 Å². The van der Waals surface area contributed by atoms with Gasteiger partial charge in [-0.15, -0.1) is 0 Å². The van der Waals surface area contributed by atoms with Gasteiger partial charge in [0, 0.05) is 0 Å². The maximum absolute atomic E-state index is 11.7. The van der Waals surface area contributed by atoms with Crippen LogP contribution in [0.4, 0.5) is 4.79 Å². The number of amides is 3. The van der Waals surface area contributed by atoms with Crippen LogP contribution in [-0.2, 0) is 4.79 Å². The first-order valence-electron chi connectivity index (χ1n) is 6.44. The zero-order chi connectivity index (χ0) is 15.1. The molecule has 0 aliphatic carbocycles. The van der Waals surface area contributed by atoms with Crippen molar-refractivity contribution in [3.05, 3.63) is 29.8 Å². The predicted octanol–water partition coefficient (Wildman–Crippen LogP) is 0.935. The predicted molar refractivity (Wildman–Crippen MR) is 76.5 cm³/mol. The topological polar surface area (TPSA) is 93.4 Å². The number of carbonyl (C=O) groups is 2. The second-order valence-electron chi connectivity index (χ2n) is 4.76. The van der Waals surface area contributed by atoms with E-state index < -0.39 is 12.1 Å². The van der Waals surface area contributed by atoms with Crippen molar-refractivity contribution in [2.75, 3.05) is 6.61 Å². The number of benzene rings is 1. The van der Waals surface area contributed by atoms with Gasteiger partial charge in [-0.3, -0.25) is 4.79 Å². The molecule has 0 aliphatic rings. The third kappa shape index (κ3) is 5.60. The van der Waals surface area contributed by atoms with Crippen molar-refractivity contribution in [3.8, 4) is 5.75 Å². The molecule has 1 rings (SSSR count). The molecule has 0 spiro atoms. The minimum Gasteiger partial charge on any atom is -0.491 e. The summed E-state index contributed by atoms with van der Waals surface area (Å²) in [7, 11) is 0. The minimum absolute atomic E-state index is 0.180. The quantitative estimate of drug-likeness (QED) is 0.723. The summed E-state index contributed by atoms with van der Waals surface area (Å²) in [5, 5.41) is 5.05. The van der Waals surface area contributed by atoms with Crippen molar-refractivity contribution in [1.82, 2.24) is 10.6 Å². The van der Waals surface area contributed by atoms with Crippen LogP contribution in [0.1, 0.15) is 19.4 Å². The monoisotopic (exact) mass is 279 g/mol. The molecule has 20 heavy (non-hydrogen) atoms. The van der Waals surface area contributed by atoms with Crippen molar-refractivity contribution < 1.29 is 14.3 Å². The van der Waals surface area contributed by atoms with Crippen molar-refractivity contribution in [2.45, 2.75) is 32.9 Å². The fourth-order valence-corrected chi connectivity index (χ4v) is 1.54. The summed E-state index contributed by atoms with van der Waals surface area (Å²) in [6, 6.07) is 6.09. The third-order valence-corrected chi connectivity index (χ3v) is 2.66. The van der Waals surface area contributed by atoms with Crippen molar-refractivity contribution >= 4 is 11.9 Å². The van der Waals surface area contributed by atoms with Gasteiger partial charge < -0.3 is 21.1 Å². The van der Waals surface area contributed by atoms with Gasteiger partial charge in [0.15, 0.2) is 0 Å². The molecule has 3 amide bonds. The lowest BCUT2D eigenvalue weighted by Crippen LogP contribution is -2.49. The smallest absolute Gasteiger partial charge is 0.312 e. The summed E-state index contributed by atoms with van der Waals surface area (Å²) in [6.45, 7) is 5.73. The average Bonchev–Trinajstić information content (AvgIpc) is 2.37. The molecule has 2 atom stereocenters. The number of rotatable bonds is 6. The van der Waals surface area contributed by atoms with E-state index in [2.05, 4.69) is 10.6 Å². The Hall–Kier alpha value is -2.24. The highest BCUT2D eigenvalue weighted by molar-refractivity contribution is 5.86. The van der Waals surface area contributed by atoms with Crippen LogP contribution in [0.3, 0.4) is 0 Å². The molecular formula is C14H21N3O3. The summed E-state index contributed by atoms with van der Waals surface area (Å²) in [5.41, 5.74) is 6.11. The molecule has 1 aromatic rings. The van der Waals surface area contributed by atoms with Gasteiger partial charge in [-0.2, -0.15) is 0 Å². The molecule has 1 aromatic carbocycles. The number of hydrogen-bond acceptors (Lipinski definition) is 3. The Morgan fingerprint density at radius 3 is 2.35 bits per heavy atom. The number of ether oxygens (including phenoxy) is 1. The molecule has 0 aromatic heterocycles. The van der Waals surface area contributed by atoms with Gasteiger partial charge in [-0.25, -0.2) is 4.79 Å². The van der Waals surface area contributed by atoms with E-state index in [-0.39, 0.29) is 11.9 Å². The van der Waals surface area contributed by atoms with E-state index in [4.69, 9.17) is 10.5 Å². The first-order valence-corrected chi connectivity index (χ1v) is 6.44. The normalized spacial score (nSPS) is 13.2. The molecule has 0 saturated heterocycles. The maximum Gasteiger partial charge on any atom is 0.312 e. The fraction of sp³-hybridized carbons (Fsp3) is 0.429. The Morgan fingerprint density at radius 2 is 1.80 bits per heavy atom. The summed E-state index contributed by atoms with van der Waals surface area (Å²) in [6.07, 6.45) is 0. The van der Waals surface area contributed by atoms with Gasteiger partial charge in [0.1, 0.15) is 18.4 Å². The first-order chi connectivity index (χ1) is 9.38. The number of carbonyl (C=O) groups excluding carboxylic acids is 2. The van der Waals surface area contributed by atoms with E-state index >= 15 is 0 Å². The van der Waals surface area contributed by atoms with Gasteiger partial charge in [0.25, 0.3) is 0 Å². The zero-order valence-electron chi connectivity index (χ0n) is 12.0. The van der Waals surface area contributed by atoms with E-state index in [0.29, 0.717) is 6.61 Å². The van der Waals surface area contributed by atoms with Crippen molar-refractivity contribution in [1.29, 1.82) is 0 Å². The second kappa shape index (κ2) is 7.37. The molecule has 0 fully saturated rings. The van der Waals surface area contributed by atoms with Gasteiger partial charge in [0.2, 0.25) is 5.91 Å².